The predicted molar refractivity (Wildman–Crippen MR) is 131 cm³/mol. The lowest BCUT2D eigenvalue weighted by atomic mass is 9.88. The first kappa shape index (κ1) is 27.7. The van der Waals surface area contributed by atoms with Gasteiger partial charge >= 0.3 is 18.2 Å². The van der Waals surface area contributed by atoms with Gasteiger partial charge in [-0.2, -0.15) is 13.2 Å². The molecule has 39 heavy (non-hydrogen) atoms. The molecule has 3 amide bonds. The summed E-state index contributed by atoms with van der Waals surface area (Å²) in [6.45, 7) is 1.38. The molecule has 0 unspecified atom stereocenters. The highest BCUT2D eigenvalue weighted by Gasteiger charge is 2.58. The molecular weight excluding hydrogens is 519 g/mol. The number of nitrogens with zero attached hydrogens (tertiary/aromatic N) is 2. The fraction of sp³-hybridized carbons (Fsp3) is 0.333. The Kier molecular flexibility index (Phi) is 7.93. The van der Waals surface area contributed by atoms with Gasteiger partial charge in [0.1, 0.15) is 18.7 Å². The average molecular weight is 546 g/mol. The minimum atomic E-state index is -4.57. The molecular formula is C27H26F3N3O6. The number of rotatable bonds is 9. The van der Waals surface area contributed by atoms with Crippen LogP contribution in [0.2, 0.25) is 0 Å². The Morgan fingerprint density at radius 1 is 1.15 bits per heavy atom. The van der Waals surface area contributed by atoms with Crippen molar-refractivity contribution >= 4 is 23.9 Å². The van der Waals surface area contributed by atoms with Crippen LogP contribution in [0.4, 0.5) is 18.0 Å². The highest BCUT2D eigenvalue weighted by Crippen LogP contribution is 2.38. The molecule has 206 valence electrons. The van der Waals surface area contributed by atoms with E-state index in [1.54, 1.807) is 49.4 Å². The van der Waals surface area contributed by atoms with Gasteiger partial charge in [-0.05, 0) is 30.2 Å². The van der Waals surface area contributed by atoms with E-state index in [0.717, 1.165) is 22.6 Å². The first-order valence-electron chi connectivity index (χ1n) is 12.1. The summed E-state index contributed by atoms with van der Waals surface area (Å²) in [5.41, 5.74) is 0.000963. The van der Waals surface area contributed by atoms with E-state index in [4.69, 9.17) is 4.74 Å². The number of amides is 3. The van der Waals surface area contributed by atoms with E-state index in [1.807, 2.05) is 0 Å². The van der Waals surface area contributed by atoms with Gasteiger partial charge in [0.25, 0.3) is 0 Å². The van der Waals surface area contributed by atoms with E-state index in [9.17, 15) is 37.5 Å². The van der Waals surface area contributed by atoms with Gasteiger partial charge in [0, 0.05) is 6.54 Å². The fourth-order valence-electron chi connectivity index (χ4n) is 4.87. The summed E-state index contributed by atoms with van der Waals surface area (Å²) in [6, 6.07) is 9.42. The maximum Gasteiger partial charge on any atom is 0.416 e. The molecule has 2 heterocycles. The van der Waals surface area contributed by atoms with Crippen molar-refractivity contribution in [2.75, 3.05) is 6.61 Å². The number of carboxylic acid groups (broad SMARTS) is 1. The van der Waals surface area contributed by atoms with Crippen LogP contribution in [0.1, 0.15) is 36.1 Å². The molecule has 2 aliphatic heterocycles. The first-order chi connectivity index (χ1) is 18.5. The first-order valence-corrected chi connectivity index (χ1v) is 12.1. The topological polar surface area (TPSA) is 116 Å². The van der Waals surface area contributed by atoms with Crippen LogP contribution in [0.25, 0.3) is 0 Å². The van der Waals surface area contributed by atoms with Gasteiger partial charge in [-0.15, -0.1) is 0 Å². The molecule has 2 saturated heterocycles. The quantitative estimate of drug-likeness (QED) is 0.368. The van der Waals surface area contributed by atoms with Crippen LogP contribution in [-0.2, 0) is 31.8 Å². The molecule has 0 spiro atoms. The van der Waals surface area contributed by atoms with Gasteiger partial charge in [-0.3, -0.25) is 19.3 Å². The van der Waals surface area contributed by atoms with E-state index in [1.165, 1.54) is 17.0 Å². The van der Waals surface area contributed by atoms with E-state index in [2.05, 4.69) is 5.32 Å². The van der Waals surface area contributed by atoms with Crippen LogP contribution in [0.5, 0.6) is 0 Å². The molecule has 2 fully saturated rings. The molecule has 2 aliphatic rings. The number of likely N-dealkylation sites (tertiary alicyclic amines) is 1. The Labute approximate surface area is 221 Å². The molecule has 2 N–H and O–H groups in total. The Balaban J connectivity index is 1.56. The second-order valence-corrected chi connectivity index (χ2v) is 9.15. The fourth-order valence-corrected chi connectivity index (χ4v) is 4.87. The minimum Gasteiger partial charge on any atom is -0.481 e. The number of hydrogen-bond donors (Lipinski definition) is 2. The number of carbonyl (C=O) groups excluding carboxylic acids is 3. The molecule has 0 aliphatic carbocycles. The Morgan fingerprint density at radius 3 is 2.51 bits per heavy atom. The van der Waals surface area contributed by atoms with Crippen molar-refractivity contribution in [3.8, 4) is 0 Å². The van der Waals surface area contributed by atoms with Crippen molar-refractivity contribution in [2.45, 2.75) is 50.2 Å². The molecule has 12 heteroatoms. The molecule has 0 bridgehead atoms. The number of alkyl halides is 3. The number of halogens is 3. The summed E-state index contributed by atoms with van der Waals surface area (Å²) in [7, 11) is 0. The van der Waals surface area contributed by atoms with E-state index < -0.39 is 66.2 Å². The number of cyclic esters (lactones) is 1. The lowest BCUT2D eigenvalue weighted by Gasteiger charge is -2.52. The van der Waals surface area contributed by atoms with Gasteiger partial charge < -0.3 is 20.1 Å². The number of hydrogen-bond acceptors (Lipinski definition) is 5. The third-order valence-electron chi connectivity index (χ3n) is 6.66. The Hall–Kier alpha value is -4.35. The van der Waals surface area contributed by atoms with Crippen molar-refractivity contribution in [1.29, 1.82) is 0 Å². The standard InChI is InChI=1S/C27H26F3N3O6/c1-2-7-19-23(33-21(15-39-26(33)38)17-9-4-3-5-10-17)25(37)32(19)20(13-22(34)35)24(36)31-14-16-8-6-11-18(12-16)27(28,29)30/h2-12,19-21,23H,13-15H2,1H3,(H,31,36)(H,34,35)/t19-,20-,21-,23+/m1/s1. The van der Waals surface area contributed by atoms with Gasteiger partial charge in [-0.25, -0.2) is 4.79 Å². The number of aliphatic carboxylic acids is 1. The van der Waals surface area contributed by atoms with E-state index in [-0.39, 0.29) is 18.7 Å². The van der Waals surface area contributed by atoms with Gasteiger partial charge in [-0.1, -0.05) is 54.6 Å². The molecule has 4 rings (SSSR count). The summed E-state index contributed by atoms with van der Waals surface area (Å²) >= 11 is 0. The second kappa shape index (κ2) is 11.2. The van der Waals surface area contributed by atoms with Crippen LogP contribution in [0, 0.1) is 0 Å². The van der Waals surface area contributed by atoms with Crippen molar-refractivity contribution < 1.29 is 42.2 Å². The summed E-state index contributed by atoms with van der Waals surface area (Å²) in [5, 5.41) is 11.9. The lowest BCUT2D eigenvalue weighted by Crippen LogP contribution is -2.74. The monoisotopic (exact) mass is 545 g/mol. The van der Waals surface area contributed by atoms with Crippen LogP contribution in [0.15, 0.2) is 66.7 Å². The molecule has 2 aromatic carbocycles. The van der Waals surface area contributed by atoms with Gasteiger partial charge in [0.2, 0.25) is 11.8 Å². The smallest absolute Gasteiger partial charge is 0.416 e. The third-order valence-corrected chi connectivity index (χ3v) is 6.66. The maximum absolute atomic E-state index is 13.5. The number of allylic oxidation sites excluding steroid dienone is 1. The zero-order valence-electron chi connectivity index (χ0n) is 20.8. The number of ether oxygens (including phenoxy) is 1. The number of benzene rings is 2. The minimum absolute atomic E-state index is 0.0191. The van der Waals surface area contributed by atoms with Gasteiger partial charge in [0.15, 0.2) is 0 Å². The highest BCUT2D eigenvalue weighted by molar-refractivity contribution is 5.99. The Bertz CT molecular complexity index is 1280. The average Bonchev–Trinajstić information content (AvgIpc) is 3.27. The van der Waals surface area contributed by atoms with Crippen molar-refractivity contribution in [1.82, 2.24) is 15.1 Å². The molecule has 0 saturated carbocycles. The van der Waals surface area contributed by atoms with Crippen LogP contribution < -0.4 is 5.32 Å². The van der Waals surface area contributed by atoms with E-state index >= 15 is 0 Å². The maximum atomic E-state index is 13.5. The summed E-state index contributed by atoms with van der Waals surface area (Å²) in [4.78, 5) is 53.3. The summed E-state index contributed by atoms with van der Waals surface area (Å²) < 4.78 is 44.4. The SMILES string of the molecule is CC=C[C@@H]1[C@H](N2C(=O)OC[C@@H]2c2ccccc2)C(=O)N1[C@H](CC(=O)O)C(=O)NCc1cccc(C(F)(F)F)c1. The van der Waals surface area contributed by atoms with Crippen molar-refractivity contribution in [2.24, 2.45) is 0 Å². The molecule has 0 aromatic heterocycles. The van der Waals surface area contributed by atoms with Crippen molar-refractivity contribution in [3.05, 3.63) is 83.4 Å². The third kappa shape index (κ3) is 5.74. The van der Waals surface area contributed by atoms with Crippen LogP contribution in [-0.4, -0.2) is 63.5 Å². The number of β-lactam (4-membered cyclic amide) rings is 1. The number of carbonyl (C=O) groups is 4. The second-order valence-electron chi connectivity index (χ2n) is 9.15. The summed E-state index contributed by atoms with van der Waals surface area (Å²) in [6.07, 6.45) is -2.81. The normalized spacial score (nSPS) is 22.0. The predicted octanol–water partition coefficient (Wildman–Crippen LogP) is 3.51. The largest absolute Gasteiger partial charge is 0.481 e. The molecule has 9 nitrogen and oxygen atoms in total. The molecule has 4 atom stereocenters. The van der Waals surface area contributed by atoms with Gasteiger partial charge in [0.05, 0.1) is 24.1 Å². The zero-order valence-corrected chi connectivity index (χ0v) is 20.8. The highest BCUT2D eigenvalue weighted by atomic mass is 19.4. The number of carboxylic acids is 1. The van der Waals surface area contributed by atoms with Crippen LogP contribution in [0.3, 0.4) is 0 Å². The van der Waals surface area contributed by atoms with Crippen molar-refractivity contribution in [3.63, 3.8) is 0 Å². The summed E-state index contributed by atoms with van der Waals surface area (Å²) in [5.74, 6) is -2.84. The molecule has 0 radical (unpaired) electrons. The zero-order chi connectivity index (χ0) is 28.3. The Morgan fingerprint density at radius 2 is 1.87 bits per heavy atom. The molecule has 2 aromatic rings. The lowest BCUT2D eigenvalue weighted by molar-refractivity contribution is -0.165. The van der Waals surface area contributed by atoms with E-state index in [0.29, 0.717) is 0 Å². The number of nitrogens with one attached hydrogen (secondary N) is 1. The van der Waals surface area contributed by atoms with Crippen LogP contribution >= 0.6 is 0 Å².